The summed E-state index contributed by atoms with van der Waals surface area (Å²) in [5.41, 5.74) is 1.50. The zero-order valence-corrected chi connectivity index (χ0v) is 15.9. The van der Waals surface area contributed by atoms with Crippen molar-refractivity contribution in [3.8, 4) is 0 Å². The summed E-state index contributed by atoms with van der Waals surface area (Å²) in [5, 5.41) is 4.23. The number of carbonyl (C=O) groups is 1. The fourth-order valence-corrected chi connectivity index (χ4v) is 4.17. The fraction of sp³-hybridized carbons (Fsp3) is 0.476. The molecule has 4 rings (SSSR count). The number of benzene rings is 1. The second-order valence-electron chi connectivity index (χ2n) is 7.55. The highest BCUT2D eigenvalue weighted by Crippen LogP contribution is 2.31. The van der Waals surface area contributed by atoms with Gasteiger partial charge < -0.3 is 9.80 Å². The summed E-state index contributed by atoms with van der Waals surface area (Å²) in [5.74, 6) is -0.413. The van der Waals surface area contributed by atoms with E-state index < -0.39 is 0 Å². The highest BCUT2D eigenvalue weighted by Gasteiger charge is 2.28. The Hall–Kier alpha value is -2.70. The SMILES string of the molecule is O=C(Cn1ncc(N2CCCC2)cc1=O)N1CCCC[C@@H]1c1ccc(F)cc1. The lowest BCUT2D eigenvalue weighted by atomic mass is 9.95. The quantitative estimate of drug-likeness (QED) is 0.813. The Morgan fingerprint density at radius 3 is 2.50 bits per heavy atom. The highest BCUT2D eigenvalue weighted by atomic mass is 19.1. The van der Waals surface area contributed by atoms with E-state index in [1.165, 1.54) is 16.8 Å². The van der Waals surface area contributed by atoms with E-state index in [-0.39, 0.29) is 29.9 Å². The van der Waals surface area contributed by atoms with Gasteiger partial charge in [-0.15, -0.1) is 0 Å². The van der Waals surface area contributed by atoms with E-state index in [1.807, 2.05) is 0 Å². The van der Waals surface area contributed by atoms with Crippen LogP contribution in [-0.4, -0.2) is 40.2 Å². The van der Waals surface area contributed by atoms with Gasteiger partial charge in [-0.2, -0.15) is 5.10 Å². The first-order valence-electron chi connectivity index (χ1n) is 9.99. The van der Waals surface area contributed by atoms with Gasteiger partial charge in [0.15, 0.2) is 0 Å². The van der Waals surface area contributed by atoms with Gasteiger partial charge in [-0.25, -0.2) is 9.07 Å². The molecular formula is C21H25FN4O2. The molecule has 2 aliphatic rings. The van der Waals surface area contributed by atoms with Gasteiger partial charge in [-0.1, -0.05) is 12.1 Å². The largest absolute Gasteiger partial charge is 0.370 e. The average molecular weight is 384 g/mol. The van der Waals surface area contributed by atoms with E-state index in [9.17, 15) is 14.0 Å². The van der Waals surface area contributed by atoms with Crippen molar-refractivity contribution in [2.24, 2.45) is 0 Å². The number of anilines is 1. The van der Waals surface area contributed by atoms with Gasteiger partial charge in [0.1, 0.15) is 12.4 Å². The lowest BCUT2D eigenvalue weighted by Crippen LogP contribution is -2.42. The van der Waals surface area contributed by atoms with Gasteiger partial charge >= 0.3 is 0 Å². The molecule has 7 heteroatoms. The normalized spacial score (nSPS) is 19.8. The van der Waals surface area contributed by atoms with Crippen molar-refractivity contribution in [2.75, 3.05) is 24.5 Å². The van der Waals surface area contributed by atoms with Crippen molar-refractivity contribution in [1.29, 1.82) is 0 Å². The van der Waals surface area contributed by atoms with Crippen LogP contribution in [0.1, 0.15) is 43.7 Å². The van der Waals surface area contributed by atoms with Crippen molar-refractivity contribution < 1.29 is 9.18 Å². The number of amides is 1. The number of carbonyl (C=O) groups excluding carboxylic acids is 1. The molecule has 2 aliphatic heterocycles. The molecule has 2 fully saturated rings. The number of aromatic nitrogens is 2. The van der Waals surface area contributed by atoms with Crippen molar-refractivity contribution in [3.05, 3.63) is 58.3 Å². The lowest BCUT2D eigenvalue weighted by molar-refractivity contribution is -0.136. The van der Waals surface area contributed by atoms with Gasteiger partial charge in [-0.05, 0) is 49.8 Å². The van der Waals surface area contributed by atoms with Crippen molar-refractivity contribution in [3.63, 3.8) is 0 Å². The maximum absolute atomic E-state index is 13.3. The monoisotopic (exact) mass is 384 g/mol. The fourth-order valence-electron chi connectivity index (χ4n) is 4.17. The molecular weight excluding hydrogens is 359 g/mol. The van der Waals surface area contributed by atoms with Crippen LogP contribution in [0.15, 0.2) is 41.3 Å². The number of halogens is 1. The highest BCUT2D eigenvalue weighted by molar-refractivity contribution is 5.76. The van der Waals surface area contributed by atoms with Gasteiger partial charge in [0, 0.05) is 25.7 Å². The average Bonchev–Trinajstić information content (AvgIpc) is 3.25. The topological polar surface area (TPSA) is 58.4 Å². The third kappa shape index (κ3) is 3.93. The van der Waals surface area contributed by atoms with E-state index in [0.717, 1.165) is 56.4 Å². The molecule has 0 spiro atoms. The number of hydrogen-bond acceptors (Lipinski definition) is 4. The van der Waals surface area contributed by atoms with Crippen LogP contribution >= 0.6 is 0 Å². The molecule has 0 saturated carbocycles. The van der Waals surface area contributed by atoms with Gasteiger partial charge in [0.25, 0.3) is 5.56 Å². The summed E-state index contributed by atoms with van der Waals surface area (Å²) >= 11 is 0. The smallest absolute Gasteiger partial charge is 0.269 e. The first-order chi connectivity index (χ1) is 13.6. The lowest BCUT2D eigenvalue weighted by Gasteiger charge is -2.36. The number of rotatable bonds is 4. The summed E-state index contributed by atoms with van der Waals surface area (Å²) in [6.45, 7) is 2.45. The molecule has 0 bridgehead atoms. The predicted molar refractivity (Wildman–Crippen MR) is 105 cm³/mol. The molecule has 1 atom stereocenters. The first kappa shape index (κ1) is 18.7. The molecule has 6 nitrogen and oxygen atoms in total. The van der Waals surface area contributed by atoms with Gasteiger partial charge in [0.05, 0.1) is 17.9 Å². The maximum atomic E-state index is 13.3. The van der Waals surface area contributed by atoms with Crippen molar-refractivity contribution in [1.82, 2.24) is 14.7 Å². The van der Waals surface area contributed by atoms with E-state index >= 15 is 0 Å². The summed E-state index contributed by atoms with van der Waals surface area (Å²) in [7, 11) is 0. The van der Waals surface area contributed by atoms with Crippen LogP contribution in [0.25, 0.3) is 0 Å². The van der Waals surface area contributed by atoms with Crippen LogP contribution in [-0.2, 0) is 11.3 Å². The molecule has 2 aromatic rings. The number of hydrogen-bond donors (Lipinski definition) is 0. The van der Waals surface area contributed by atoms with Gasteiger partial charge in [-0.3, -0.25) is 9.59 Å². The Morgan fingerprint density at radius 1 is 1.07 bits per heavy atom. The Kier molecular flexibility index (Phi) is 5.41. The first-order valence-corrected chi connectivity index (χ1v) is 9.99. The standard InChI is InChI=1S/C21H25FN4O2/c22-17-8-6-16(7-9-17)19-5-1-2-12-25(19)21(28)15-26-20(27)13-18(14-23-26)24-10-3-4-11-24/h6-9,13-14,19H,1-5,10-12,15H2/t19-/m1/s1. The van der Waals surface area contributed by atoms with E-state index in [4.69, 9.17) is 0 Å². The van der Waals surface area contributed by atoms with Crippen LogP contribution < -0.4 is 10.5 Å². The Balaban J connectivity index is 1.50. The zero-order valence-electron chi connectivity index (χ0n) is 15.9. The minimum atomic E-state index is -0.286. The summed E-state index contributed by atoms with van der Waals surface area (Å²) in [6.07, 6.45) is 6.72. The van der Waals surface area contributed by atoms with E-state index in [2.05, 4.69) is 10.00 Å². The zero-order chi connectivity index (χ0) is 19.5. The van der Waals surface area contributed by atoms with Crippen LogP contribution in [0.5, 0.6) is 0 Å². The molecule has 1 aromatic heterocycles. The molecule has 2 saturated heterocycles. The molecule has 0 unspecified atom stereocenters. The summed E-state index contributed by atoms with van der Waals surface area (Å²) in [6, 6.07) is 7.81. The molecule has 148 valence electrons. The minimum absolute atomic E-state index is 0.0726. The third-order valence-corrected chi connectivity index (χ3v) is 5.69. The molecule has 1 amide bonds. The Bertz CT molecular complexity index is 890. The Labute approximate surface area is 163 Å². The molecule has 0 radical (unpaired) electrons. The maximum Gasteiger partial charge on any atom is 0.269 e. The third-order valence-electron chi connectivity index (χ3n) is 5.69. The summed E-state index contributed by atoms with van der Waals surface area (Å²) in [4.78, 5) is 29.4. The van der Waals surface area contributed by atoms with Crippen LogP contribution in [0.3, 0.4) is 0 Å². The van der Waals surface area contributed by atoms with Crippen LogP contribution in [0.4, 0.5) is 10.1 Å². The number of nitrogens with zero attached hydrogens (tertiary/aromatic N) is 4. The summed E-state index contributed by atoms with van der Waals surface area (Å²) < 4.78 is 14.5. The van der Waals surface area contributed by atoms with Crippen molar-refractivity contribution >= 4 is 11.6 Å². The number of piperidine rings is 1. The predicted octanol–water partition coefficient (Wildman–Crippen LogP) is 2.74. The van der Waals surface area contributed by atoms with Crippen LogP contribution in [0, 0.1) is 5.82 Å². The van der Waals surface area contributed by atoms with Gasteiger partial charge in [0.2, 0.25) is 5.91 Å². The second kappa shape index (κ2) is 8.12. The Morgan fingerprint density at radius 2 is 1.79 bits per heavy atom. The minimum Gasteiger partial charge on any atom is -0.370 e. The molecule has 0 aliphatic carbocycles. The van der Waals surface area contributed by atoms with Crippen molar-refractivity contribution in [2.45, 2.75) is 44.7 Å². The van der Waals surface area contributed by atoms with E-state index in [0.29, 0.717) is 6.54 Å². The molecule has 28 heavy (non-hydrogen) atoms. The van der Waals surface area contributed by atoms with Crippen LogP contribution in [0.2, 0.25) is 0 Å². The van der Waals surface area contributed by atoms with E-state index in [1.54, 1.807) is 29.3 Å². The molecule has 3 heterocycles. The second-order valence-corrected chi connectivity index (χ2v) is 7.55. The molecule has 1 aromatic carbocycles. The number of likely N-dealkylation sites (tertiary alicyclic amines) is 1. The molecule has 0 N–H and O–H groups in total.